The van der Waals surface area contributed by atoms with Crippen molar-refractivity contribution in [3.05, 3.63) is 35.4 Å². The van der Waals surface area contributed by atoms with Gasteiger partial charge >= 0.3 is 0 Å². The van der Waals surface area contributed by atoms with Crippen LogP contribution in [0.25, 0.3) is 0 Å². The molecule has 3 nitrogen and oxygen atoms in total. The van der Waals surface area contributed by atoms with Crippen LogP contribution in [-0.4, -0.2) is 22.9 Å². The Morgan fingerprint density at radius 2 is 1.89 bits per heavy atom. The van der Waals surface area contributed by atoms with Gasteiger partial charge in [0.1, 0.15) is 6.17 Å². The van der Waals surface area contributed by atoms with Gasteiger partial charge in [-0.05, 0) is 36.8 Å². The minimum atomic E-state index is -0.00329. The van der Waals surface area contributed by atoms with Crippen LogP contribution < -0.4 is 5.32 Å². The lowest BCUT2D eigenvalue weighted by molar-refractivity contribution is -0.130. The van der Waals surface area contributed by atoms with Crippen molar-refractivity contribution in [3.63, 3.8) is 0 Å². The largest absolute Gasteiger partial charge is 0.319 e. The third-order valence-electron chi connectivity index (χ3n) is 4.24. The second kappa shape index (κ2) is 4.97. The monoisotopic (exact) mass is 258 g/mol. The summed E-state index contributed by atoms with van der Waals surface area (Å²) >= 11 is 0. The number of hydrogen-bond donors (Lipinski definition) is 1. The van der Waals surface area contributed by atoms with Crippen molar-refractivity contribution >= 4 is 5.91 Å². The fourth-order valence-electron chi connectivity index (χ4n) is 2.88. The third kappa shape index (κ3) is 2.27. The fourth-order valence-corrected chi connectivity index (χ4v) is 2.88. The summed E-state index contributed by atoms with van der Waals surface area (Å²) in [5, 5.41) is 3.49. The Balaban J connectivity index is 1.86. The van der Waals surface area contributed by atoms with Crippen LogP contribution in [0.4, 0.5) is 0 Å². The van der Waals surface area contributed by atoms with E-state index < -0.39 is 0 Å². The van der Waals surface area contributed by atoms with E-state index in [2.05, 4.69) is 48.3 Å². The maximum Gasteiger partial charge on any atom is 0.241 e. The SMILES string of the molecule is CCc1ccc(C2NC(CC)C(=O)N2C2CC2)cc1. The van der Waals surface area contributed by atoms with Crippen LogP contribution in [0.3, 0.4) is 0 Å². The van der Waals surface area contributed by atoms with Crippen molar-refractivity contribution in [2.75, 3.05) is 0 Å². The number of benzene rings is 1. The average molecular weight is 258 g/mol. The highest BCUT2D eigenvalue weighted by molar-refractivity contribution is 5.85. The molecular formula is C16H22N2O. The predicted octanol–water partition coefficient (Wildman–Crippen LogP) is 2.62. The van der Waals surface area contributed by atoms with E-state index in [9.17, 15) is 4.79 Å². The van der Waals surface area contributed by atoms with Crippen LogP contribution in [0, 0.1) is 0 Å². The molecule has 3 heteroatoms. The summed E-state index contributed by atoms with van der Waals surface area (Å²) in [6.45, 7) is 4.24. The van der Waals surface area contributed by atoms with E-state index in [1.54, 1.807) is 0 Å². The topological polar surface area (TPSA) is 32.3 Å². The number of aryl methyl sites for hydroxylation is 1. The smallest absolute Gasteiger partial charge is 0.241 e. The highest BCUT2D eigenvalue weighted by Gasteiger charge is 2.45. The molecule has 2 unspecified atom stereocenters. The van der Waals surface area contributed by atoms with E-state index in [1.807, 2.05) is 0 Å². The van der Waals surface area contributed by atoms with E-state index >= 15 is 0 Å². The summed E-state index contributed by atoms with van der Waals surface area (Å²) < 4.78 is 0. The van der Waals surface area contributed by atoms with Crippen molar-refractivity contribution in [1.82, 2.24) is 10.2 Å². The van der Waals surface area contributed by atoms with Gasteiger partial charge in [0.2, 0.25) is 5.91 Å². The number of nitrogens with zero attached hydrogens (tertiary/aromatic N) is 1. The number of rotatable bonds is 4. The van der Waals surface area contributed by atoms with E-state index in [0.29, 0.717) is 6.04 Å². The van der Waals surface area contributed by atoms with Crippen molar-refractivity contribution in [2.45, 2.75) is 57.8 Å². The lowest BCUT2D eigenvalue weighted by Gasteiger charge is -2.24. The molecule has 2 atom stereocenters. The first-order valence-corrected chi connectivity index (χ1v) is 7.41. The average Bonchev–Trinajstić information content (AvgIpc) is 3.23. The van der Waals surface area contributed by atoms with Crippen molar-refractivity contribution in [1.29, 1.82) is 0 Å². The molecule has 1 N–H and O–H groups in total. The second-order valence-electron chi connectivity index (χ2n) is 5.60. The minimum absolute atomic E-state index is 0.00329. The van der Waals surface area contributed by atoms with Gasteiger partial charge in [0.25, 0.3) is 0 Å². The van der Waals surface area contributed by atoms with Crippen LogP contribution in [0.15, 0.2) is 24.3 Å². The van der Waals surface area contributed by atoms with E-state index in [-0.39, 0.29) is 18.1 Å². The van der Waals surface area contributed by atoms with Gasteiger partial charge in [0.05, 0.1) is 6.04 Å². The van der Waals surface area contributed by atoms with Gasteiger partial charge in [-0.15, -0.1) is 0 Å². The molecule has 1 aromatic carbocycles. The van der Waals surface area contributed by atoms with Gasteiger partial charge in [-0.2, -0.15) is 0 Å². The van der Waals surface area contributed by atoms with Gasteiger partial charge in [0, 0.05) is 6.04 Å². The summed E-state index contributed by atoms with van der Waals surface area (Å²) in [6.07, 6.45) is 4.32. The molecule has 0 aromatic heterocycles. The van der Waals surface area contributed by atoms with Crippen LogP contribution in [0.2, 0.25) is 0 Å². The molecule has 2 aliphatic rings. The lowest BCUT2D eigenvalue weighted by Crippen LogP contribution is -2.32. The molecule has 1 saturated carbocycles. The molecule has 1 aliphatic heterocycles. The number of hydrogen-bond acceptors (Lipinski definition) is 2. The Morgan fingerprint density at radius 1 is 1.21 bits per heavy atom. The molecule has 1 aromatic rings. The molecule has 2 fully saturated rings. The summed E-state index contributed by atoms with van der Waals surface area (Å²) in [4.78, 5) is 14.5. The molecule has 19 heavy (non-hydrogen) atoms. The van der Waals surface area contributed by atoms with Gasteiger partial charge in [-0.1, -0.05) is 38.1 Å². The number of carbonyl (C=O) groups excluding carboxylic acids is 1. The molecule has 1 saturated heterocycles. The molecule has 1 heterocycles. The minimum Gasteiger partial charge on any atom is -0.319 e. The highest BCUT2D eigenvalue weighted by Crippen LogP contribution is 2.37. The zero-order valence-corrected chi connectivity index (χ0v) is 11.7. The first-order valence-electron chi connectivity index (χ1n) is 7.41. The lowest BCUT2D eigenvalue weighted by atomic mass is 10.1. The molecule has 0 bridgehead atoms. The normalized spacial score (nSPS) is 27.1. The van der Waals surface area contributed by atoms with Crippen LogP contribution in [0.5, 0.6) is 0 Å². The molecule has 0 radical (unpaired) electrons. The third-order valence-corrected chi connectivity index (χ3v) is 4.24. The Bertz CT molecular complexity index is 464. The molecular weight excluding hydrogens is 236 g/mol. The summed E-state index contributed by atoms with van der Waals surface area (Å²) in [7, 11) is 0. The van der Waals surface area contributed by atoms with Gasteiger partial charge < -0.3 is 4.90 Å². The summed E-state index contributed by atoms with van der Waals surface area (Å²) in [5.74, 6) is 0.287. The quantitative estimate of drug-likeness (QED) is 0.900. The predicted molar refractivity (Wildman–Crippen MR) is 75.6 cm³/mol. The fraction of sp³-hybridized carbons (Fsp3) is 0.562. The molecule has 0 spiro atoms. The maximum absolute atomic E-state index is 12.4. The molecule has 1 aliphatic carbocycles. The Morgan fingerprint density at radius 3 is 2.42 bits per heavy atom. The van der Waals surface area contributed by atoms with Gasteiger partial charge in [0.15, 0.2) is 0 Å². The zero-order chi connectivity index (χ0) is 13.4. The summed E-state index contributed by atoms with van der Waals surface area (Å²) in [5.41, 5.74) is 2.56. The molecule has 102 valence electrons. The van der Waals surface area contributed by atoms with E-state index in [4.69, 9.17) is 0 Å². The van der Waals surface area contributed by atoms with E-state index in [0.717, 1.165) is 25.7 Å². The van der Waals surface area contributed by atoms with Crippen molar-refractivity contribution in [3.8, 4) is 0 Å². The Hall–Kier alpha value is -1.35. The zero-order valence-electron chi connectivity index (χ0n) is 11.7. The maximum atomic E-state index is 12.4. The first kappa shape index (κ1) is 12.7. The second-order valence-corrected chi connectivity index (χ2v) is 5.60. The number of carbonyl (C=O) groups is 1. The van der Waals surface area contributed by atoms with Crippen LogP contribution in [0.1, 0.15) is 50.4 Å². The summed E-state index contributed by atoms with van der Waals surface area (Å²) in [6, 6.07) is 9.13. The number of amides is 1. The van der Waals surface area contributed by atoms with Crippen molar-refractivity contribution in [2.24, 2.45) is 0 Å². The van der Waals surface area contributed by atoms with Crippen LogP contribution >= 0.6 is 0 Å². The van der Waals surface area contributed by atoms with Gasteiger partial charge in [-0.25, -0.2) is 0 Å². The Kier molecular flexibility index (Phi) is 3.31. The first-order chi connectivity index (χ1) is 9.24. The van der Waals surface area contributed by atoms with Crippen LogP contribution in [-0.2, 0) is 11.2 Å². The van der Waals surface area contributed by atoms with Crippen molar-refractivity contribution < 1.29 is 4.79 Å². The standard InChI is InChI=1S/C16H22N2O/c1-3-11-5-7-12(8-6-11)15-17-14(4-2)16(19)18(15)13-9-10-13/h5-8,13-15,17H,3-4,9-10H2,1-2H3. The van der Waals surface area contributed by atoms with E-state index in [1.165, 1.54) is 11.1 Å². The number of nitrogens with one attached hydrogen (secondary N) is 1. The Labute approximate surface area is 115 Å². The molecule has 1 amide bonds. The highest BCUT2D eigenvalue weighted by atomic mass is 16.2. The van der Waals surface area contributed by atoms with Gasteiger partial charge in [-0.3, -0.25) is 10.1 Å². The molecule has 3 rings (SSSR count).